The summed E-state index contributed by atoms with van der Waals surface area (Å²) in [5.74, 6) is -0.0623. The molecule has 0 atom stereocenters. The highest BCUT2D eigenvalue weighted by Gasteiger charge is 2.21. The number of aromatic nitrogens is 2. The van der Waals surface area contributed by atoms with Crippen molar-refractivity contribution < 1.29 is 4.79 Å². The number of nitrogens with zero attached hydrogens (tertiary/aromatic N) is 3. The predicted molar refractivity (Wildman–Crippen MR) is 99.3 cm³/mol. The lowest BCUT2D eigenvalue weighted by atomic mass is 10.00. The first-order chi connectivity index (χ1) is 12.1. The summed E-state index contributed by atoms with van der Waals surface area (Å²) in [7, 11) is 0. The summed E-state index contributed by atoms with van der Waals surface area (Å²) in [5.41, 5.74) is 2.90. The van der Waals surface area contributed by atoms with E-state index in [0.29, 0.717) is 24.0 Å². The molecule has 6 heteroatoms. The summed E-state index contributed by atoms with van der Waals surface area (Å²) in [6.07, 6.45) is 2.30. The fourth-order valence-electron chi connectivity index (χ4n) is 3.20. The number of benzene rings is 2. The summed E-state index contributed by atoms with van der Waals surface area (Å²) < 4.78 is 2.20. The van der Waals surface area contributed by atoms with Crippen LogP contribution in [0.3, 0.4) is 0 Å². The first-order valence-corrected chi connectivity index (χ1v) is 8.90. The third-order valence-corrected chi connectivity index (χ3v) is 5.07. The molecule has 0 aliphatic carbocycles. The van der Waals surface area contributed by atoms with Crippen LogP contribution in [0.1, 0.15) is 11.1 Å². The number of amides is 1. The second-order valence-corrected chi connectivity index (χ2v) is 7.09. The summed E-state index contributed by atoms with van der Waals surface area (Å²) in [4.78, 5) is 31.4. The molecule has 2 heterocycles. The summed E-state index contributed by atoms with van der Waals surface area (Å²) in [6, 6.07) is 13.5. The Bertz CT molecular complexity index is 1030. The molecule has 0 spiro atoms. The molecule has 25 heavy (non-hydrogen) atoms. The molecule has 126 valence electrons. The zero-order valence-corrected chi connectivity index (χ0v) is 15.1. The van der Waals surface area contributed by atoms with Crippen LogP contribution in [0, 0.1) is 0 Å². The van der Waals surface area contributed by atoms with Crippen molar-refractivity contribution in [1.29, 1.82) is 0 Å². The fourth-order valence-corrected chi connectivity index (χ4v) is 3.56. The van der Waals surface area contributed by atoms with E-state index >= 15 is 0 Å². The Morgan fingerprint density at radius 2 is 1.96 bits per heavy atom. The molecule has 4 rings (SSSR count). The van der Waals surface area contributed by atoms with Crippen molar-refractivity contribution in [2.75, 3.05) is 6.54 Å². The van der Waals surface area contributed by atoms with E-state index in [2.05, 4.69) is 33.0 Å². The Morgan fingerprint density at radius 3 is 2.80 bits per heavy atom. The Morgan fingerprint density at radius 1 is 1.16 bits per heavy atom. The van der Waals surface area contributed by atoms with Gasteiger partial charge in [-0.3, -0.25) is 14.2 Å². The summed E-state index contributed by atoms with van der Waals surface area (Å²) >= 11 is 3.37. The molecule has 0 unspecified atom stereocenters. The van der Waals surface area contributed by atoms with Gasteiger partial charge < -0.3 is 4.90 Å². The number of carbonyl (C=O) groups is 1. The van der Waals surface area contributed by atoms with Crippen molar-refractivity contribution in [1.82, 2.24) is 14.5 Å². The maximum Gasteiger partial charge on any atom is 0.261 e. The van der Waals surface area contributed by atoms with Crippen LogP contribution < -0.4 is 5.56 Å². The van der Waals surface area contributed by atoms with Crippen LogP contribution in [-0.2, 0) is 24.3 Å². The average Bonchev–Trinajstić information content (AvgIpc) is 2.64. The van der Waals surface area contributed by atoms with Crippen molar-refractivity contribution in [3.63, 3.8) is 0 Å². The molecule has 0 radical (unpaired) electrons. The number of rotatable bonds is 2. The van der Waals surface area contributed by atoms with Crippen LogP contribution in [0.4, 0.5) is 0 Å². The summed E-state index contributed by atoms with van der Waals surface area (Å²) in [6.45, 7) is 1.28. The third-order valence-electron chi connectivity index (χ3n) is 4.58. The van der Waals surface area contributed by atoms with E-state index in [0.717, 1.165) is 10.9 Å². The van der Waals surface area contributed by atoms with E-state index in [1.807, 2.05) is 18.2 Å². The Kier molecular flexibility index (Phi) is 4.13. The highest BCUT2D eigenvalue weighted by atomic mass is 79.9. The second kappa shape index (κ2) is 6.44. The van der Waals surface area contributed by atoms with Gasteiger partial charge in [0.1, 0.15) is 6.54 Å². The van der Waals surface area contributed by atoms with Crippen molar-refractivity contribution in [2.24, 2.45) is 0 Å². The number of halogens is 1. The monoisotopic (exact) mass is 397 g/mol. The zero-order chi connectivity index (χ0) is 17.4. The first-order valence-electron chi connectivity index (χ1n) is 8.11. The SMILES string of the molecule is O=C(Cn1cnc2ccc(Br)cc2c1=O)N1CCc2ccccc2C1. The smallest absolute Gasteiger partial charge is 0.261 e. The van der Waals surface area contributed by atoms with E-state index in [1.54, 1.807) is 17.0 Å². The maximum absolute atomic E-state index is 12.7. The van der Waals surface area contributed by atoms with Crippen molar-refractivity contribution >= 4 is 32.7 Å². The van der Waals surface area contributed by atoms with Crippen LogP contribution in [0.2, 0.25) is 0 Å². The Balaban J connectivity index is 1.58. The van der Waals surface area contributed by atoms with E-state index in [1.165, 1.54) is 22.0 Å². The van der Waals surface area contributed by atoms with Gasteiger partial charge in [0.15, 0.2) is 0 Å². The summed E-state index contributed by atoms with van der Waals surface area (Å²) in [5, 5.41) is 0.508. The molecule has 0 N–H and O–H groups in total. The quantitative estimate of drug-likeness (QED) is 0.667. The van der Waals surface area contributed by atoms with Crippen LogP contribution in [0.25, 0.3) is 10.9 Å². The second-order valence-electron chi connectivity index (χ2n) is 6.17. The minimum absolute atomic E-state index is 0.0104. The predicted octanol–water partition coefficient (Wildman–Crippen LogP) is 2.74. The number of carbonyl (C=O) groups excluding carboxylic acids is 1. The minimum Gasteiger partial charge on any atom is -0.336 e. The van der Waals surface area contributed by atoms with Gasteiger partial charge in [-0.05, 0) is 35.7 Å². The van der Waals surface area contributed by atoms with E-state index < -0.39 is 0 Å². The maximum atomic E-state index is 12.7. The highest BCUT2D eigenvalue weighted by molar-refractivity contribution is 9.10. The molecule has 0 saturated heterocycles. The Labute approximate surface area is 153 Å². The lowest BCUT2D eigenvalue weighted by Gasteiger charge is -2.29. The van der Waals surface area contributed by atoms with Crippen molar-refractivity contribution in [3.05, 3.63) is 74.7 Å². The number of hydrogen-bond acceptors (Lipinski definition) is 3. The van der Waals surface area contributed by atoms with Gasteiger partial charge in [0.05, 0.1) is 17.2 Å². The lowest BCUT2D eigenvalue weighted by Crippen LogP contribution is -2.39. The molecule has 1 aliphatic heterocycles. The van der Waals surface area contributed by atoms with Crippen LogP contribution in [0.15, 0.2) is 58.1 Å². The lowest BCUT2D eigenvalue weighted by molar-refractivity contribution is -0.132. The Hall–Kier alpha value is -2.47. The first kappa shape index (κ1) is 16.0. The molecule has 0 saturated carbocycles. The molecule has 1 amide bonds. The molecule has 0 bridgehead atoms. The zero-order valence-electron chi connectivity index (χ0n) is 13.5. The number of fused-ring (bicyclic) bond motifs is 2. The molecule has 2 aromatic carbocycles. The molecule has 5 nitrogen and oxygen atoms in total. The van der Waals surface area contributed by atoms with Crippen LogP contribution in [0.5, 0.6) is 0 Å². The normalized spacial score (nSPS) is 13.7. The van der Waals surface area contributed by atoms with Gasteiger partial charge in [0.25, 0.3) is 5.56 Å². The number of hydrogen-bond donors (Lipinski definition) is 0. The van der Waals surface area contributed by atoms with Crippen LogP contribution >= 0.6 is 15.9 Å². The molecular weight excluding hydrogens is 382 g/mol. The molecule has 0 fully saturated rings. The largest absolute Gasteiger partial charge is 0.336 e. The fraction of sp³-hybridized carbons (Fsp3) is 0.211. The van der Waals surface area contributed by atoms with E-state index in [9.17, 15) is 9.59 Å². The van der Waals surface area contributed by atoms with E-state index in [4.69, 9.17) is 0 Å². The van der Waals surface area contributed by atoms with Gasteiger partial charge in [-0.15, -0.1) is 0 Å². The van der Waals surface area contributed by atoms with Crippen LogP contribution in [-0.4, -0.2) is 26.9 Å². The van der Waals surface area contributed by atoms with Gasteiger partial charge in [0.2, 0.25) is 5.91 Å². The molecule has 3 aromatic rings. The van der Waals surface area contributed by atoms with Gasteiger partial charge >= 0.3 is 0 Å². The standard InChI is InChI=1S/C19H16BrN3O2/c20-15-5-6-17-16(9-15)19(25)23(12-21-17)11-18(24)22-8-7-13-3-1-2-4-14(13)10-22/h1-6,9,12H,7-8,10-11H2. The topological polar surface area (TPSA) is 55.2 Å². The van der Waals surface area contributed by atoms with Gasteiger partial charge in [-0.2, -0.15) is 0 Å². The highest BCUT2D eigenvalue weighted by Crippen LogP contribution is 2.19. The van der Waals surface area contributed by atoms with Crippen molar-refractivity contribution in [3.8, 4) is 0 Å². The van der Waals surface area contributed by atoms with Gasteiger partial charge in [0, 0.05) is 17.6 Å². The van der Waals surface area contributed by atoms with Crippen molar-refractivity contribution in [2.45, 2.75) is 19.5 Å². The van der Waals surface area contributed by atoms with E-state index in [-0.39, 0.29) is 18.0 Å². The third kappa shape index (κ3) is 3.09. The van der Waals surface area contributed by atoms with Gasteiger partial charge in [-0.1, -0.05) is 40.2 Å². The molecule has 1 aliphatic rings. The molecular formula is C19H16BrN3O2. The average molecular weight is 398 g/mol. The van der Waals surface area contributed by atoms with Gasteiger partial charge in [-0.25, -0.2) is 4.98 Å². The minimum atomic E-state index is -0.197. The molecule has 1 aromatic heterocycles.